The summed E-state index contributed by atoms with van der Waals surface area (Å²) in [6.07, 6.45) is 7.89. The summed E-state index contributed by atoms with van der Waals surface area (Å²) in [5.41, 5.74) is 0. The minimum absolute atomic E-state index is 0. The molecular weight excluding hydrogens is 261 g/mol. The number of hydrogen-bond acceptors (Lipinski definition) is 4. The van der Waals surface area contributed by atoms with Gasteiger partial charge in [0.05, 0.1) is 12.5 Å². The van der Waals surface area contributed by atoms with Gasteiger partial charge in [0.1, 0.15) is 0 Å². The number of carbonyl (C=O) groups is 2. The Morgan fingerprint density at radius 1 is 1.22 bits per heavy atom. The summed E-state index contributed by atoms with van der Waals surface area (Å²) >= 11 is 0. The van der Waals surface area contributed by atoms with Gasteiger partial charge in [-0.25, -0.2) is 0 Å². The van der Waals surface area contributed by atoms with Gasteiger partial charge in [-0.1, -0.05) is 18.6 Å². The van der Waals surface area contributed by atoms with E-state index in [0.717, 1.165) is 25.7 Å². The van der Waals surface area contributed by atoms with Gasteiger partial charge in [0, 0.05) is 6.54 Å². The number of carboxylic acid groups (broad SMARTS) is 2. The molecule has 0 atom stereocenters. The standard InChI is InChI=1S/C12H21NO4.K/c1-2-3-4-5-6-7-8-13(9-11(14)15)10-12(16)17;/h2-3H,4-10H2,1H3,(H,14,15)(H,16,17);/q;+1/p-1/b3-2+;. The van der Waals surface area contributed by atoms with E-state index in [9.17, 15) is 14.7 Å². The van der Waals surface area contributed by atoms with Gasteiger partial charge < -0.3 is 15.0 Å². The molecule has 0 rings (SSSR count). The zero-order chi connectivity index (χ0) is 13.1. The van der Waals surface area contributed by atoms with Crippen LogP contribution in [0.2, 0.25) is 0 Å². The Morgan fingerprint density at radius 2 is 1.89 bits per heavy atom. The molecule has 0 saturated heterocycles. The summed E-state index contributed by atoms with van der Waals surface area (Å²) in [5, 5.41) is 19.0. The maximum absolute atomic E-state index is 10.5. The van der Waals surface area contributed by atoms with Crippen molar-refractivity contribution in [3.8, 4) is 0 Å². The van der Waals surface area contributed by atoms with Gasteiger partial charge in [-0.3, -0.25) is 9.69 Å². The van der Waals surface area contributed by atoms with E-state index >= 15 is 0 Å². The van der Waals surface area contributed by atoms with E-state index in [1.54, 1.807) is 0 Å². The summed E-state index contributed by atoms with van der Waals surface area (Å²) in [6.45, 7) is 1.88. The van der Waals surface area contributed by atoms with E-state index in [1.807, 2.05) is 13.0 Å². The van der Waals surface area contributed by atoms with Crippen LogP contribution in [0, 0.1) is 0 Å². The molecule has 0 fully saturated rings. The predicted octanol–water partition coefficient (Wildman–Crippen LogP) is -2.74. The molecule has 0 amide bonds. The Balaban J connectivity index is 0. The number of unbranched alkanes of at least 4 members (excludes halogenated alkanes) is 3. The molecule has 98 valence electrons. The Labute approximate surface area is 151 Å². The fourth-order valence-electron chi connectivity index (χ4n) is 1.53. The Hall–Kier alpha value is 0.276. The molecule has 0 radical (unpaired) electrons. The summed E-state index contributed by atoms with van der Waals surface area (Å²) in [5.74, 6) is -2.25. The second-order valence-electron chi connectivity index (χ2n) is 3.89. The molecule has 5 nitrogen and oxygen atoms in total. The summed E-state index contributed by atoms with van der Waals surface area (Å²) in [4.78, 5) is 22.3. The van der Waals surface area contributed by atoms with Crippen LogP contribution in [-0.2, 0) is 9.59 Å². The topological polar surface area (TPSA) is 80.7 Å². The number of nitrogens with zero attached hydrogens (tertiary/aromatic N) is 1. The number of carboxylic acids is 2. The smallest absolute Gasteiger partial charge is 0.549 e. The molecule has 0 bridgehead atoms. The first-order valence-electron chi connectivity index (χ1n) is 5.81. The van der Waals surface area contributed by atoms with E-state index in [2.05, 4.69) is 6.08 Å². The fraction of sp³-hybridized carbons (Fsp3) is 0.667. The maximum atomic E-state index is 10.5. The molecule has 0 spiro atoms. The van der Waals surface area contributed by atoms with Crippen LogP contribution in [0.25, 0.3) is 0 Å². The van der Waals surface area contributed by atoms with Gasteiger partial charge in [-0.2, -0.15) is 0 Å². The van der Waals surface area contributed by atoms with Crippen molar-refractivity contribution < 1.29 is 71.2 Å². The van der Waals surface area contributed by atoms with Crippen LogP contribution in [0.5, 0.6) is 0 Å². The second kappa shape index (κ2) is 13.7. The number of carbonyl (C=O) groups excluding carboxylic acids is 1. The SMILES string of the molecule is C/C=C/CCCCCN(CC(=O)[O-])CC(=O)O.[K+]. The van der Waals surface area contributed by atoms with Crippen molar-refractivity contribution in [2.24, 2.45) is 0 Å². The Morgan fingerprint density at radius 3 is 2.39 bits per heavy atom. The number of rotatable bonds is 10. The van der Waals surface area contributed by atoms with Gasteiger partial charge in [-0.15, -0.1) is 0 Å². The summed E-state index contributed by atoms with van der Waals surface area (Å²) < 4.78 is 0. The molecule has 0 heterocycles. The monoisotopic (exact) mass is 281 g/mol. The van der Waals surface area contributed by atoms with E-state index in [1.165, 1.54) is 4.90 Å². The molecule has 0 aliphatic carbocycles. The third-order valence-electron chi connectivity index (χ3n) is 2.29. The molecule has 0 aromatic rings. The maximum Gasteiger partial charge on any atom is 1.00 e. The zero-order valence-corrected chi connectivity index (χ0v) is 14.3. The molecule has 18 heavy (non-hydrogen) atoms. The molecule has 0 saturated carbocycles. The van der Waals surface area contributed by atoms with Crippen LogP contribution in [0.15, 0.2) is 12.2 Å². The third-order valence-corrected chi connectivity index (χ3v) is 2.29. The van der Waals surface area contributed by atoms with Crippen molar-refractivity contribution >= 4 is 11.9 Å². The zero-order valence-electron chi connectivity index (χ0n) is 11.2. The minimum atomic E-state index is -1.24. The molecule has 0 aromatic carbocycles. The summed E-state index contributed by atoms with van der Waals surface area (Å²) in [7, 11) is 0. The molecule has 6 heteroatoms. The first kappa shape index (κ1) is 20.6. The van der Waals surface area contributed by atoms with Crippen molar-refractivity contribution in [3.05, 3.63) is 12.2 Å². The van der Waals surface area contributed by atoms with E-state index in [0.29, 0.717) is 6.54 Å². The van der Waals surface area contributed by atoms with Gasteiger partial charge in [-0.05, 0) is 32.7 Å². The average Bonchev–Trinajstić information content (AvgIpc) is 2.21. The number of hydrogen-bond donors (Lipinski definition) is 1. The number of allylic oxidation sites excluding steroid dienone is 2. The normalized spacial score (nSPS) is 10.6. The van der Waals surface area contributed by atoms with Crippen LogP contribution in [0.3, 0.4) is 0 Å². The van der Waals surface area contributed by atoms with Crippen LogP contribution in [0.1, 0.15) is 32.6 Å². The van der Waals surface area contributed by atoms with Gasteiger partial charge in [0.2, 0.25) is 0 Å². The van der Waals surface area contributed by atoms with Crippen molar-refractivity contribution in [1.29, 1.82) is 0 Å². The number of aliphatic carboxylic acids is 2. The van der Waals surface area contributed by atoms with Crippen LogP contribution >= 0.6 is 0 Å². The van der Waals surface area contributed by atoms with E-state index in [-0.39, 0.29) is 64.5 Å². The first-order valence-corrected chi connectivity index (χ1v) is 5.81. The predicted molar refractivity (Wildman–Crippen MR) is 62.4 cm³/mol. The quantitative estimate of drug-likeness (QED) is 0.267. The van der Waals surface area contributed by atoms with Crippen LogP contribution in [-0.4, -0.2) is 41.6 Å². The Kier molecular flexibility index (Phi) is 15.7. The van der Waals surface area contributed by atoms with Gasteiger partial charge in [0.15, 0.2) is 0 Å². The molecule has 0 unspecified atom stereocenters. The van der Waals surface area contributed by atoms with E-state index < -0.39 is 11.9 Å². The molecule has 1 N–H and O–H groups in total. The van der Waals surface area contributed by atoms with Crippen molar-refractivity contribution in [1.82, 2.24) is 4.90 Å². The summed E-state index contributed by atoms with van der Waals surface area (Å²) in [6, 6.07) is 0. The van der Waals surface area contributed by atoms with Crippen molar-refractivity contribution in [2.45, 2.75) is 32.6 Å². The van der Waals surface area contributed by atoms with Crippen LogP contribution in [0.4, 0.5) is 0 Å². The van der Waals surface area contributed by atoms with E-state index in [4.69, 9.17) is 5.11 Å². The molecule has 0 aliphatic heterocycles. The molecule has 0 aliphatic rings. The molecular formula is C12H20KNO4. The largest absolute Gasteiger partial charge is 1.00 e. The Bertz CT molecular complexity index is 253. The third kappa shape index (κ3) is 14.3. The second-order valence-corrected chi connectivity index (χ2v) is 3.89. The van der Waals surface area contributed by atoms with Crippen molar-refractivity contribution in [3.63, 3.8) is 0 Å². The van der Waals surface area contributed by atoms with Crippen molar-refractivity contribution in [2.75, 3.05) is 19.6 Å². The molecule has 0 aromatic heterocycles. The van der Waals surface area contributed by atoms with Crippen LogP contribution < -0.4 is 56.5 Å². The van der Waals surface area contributed by atoms with Gasteiger partial charge >= 0.3 is 57.4 Å². The van der Waals surface area contributed by atoms with Gasteiger partial charge in [0.25, 0.3) is 0 Å². The average molecular weight is 281 g/mol. The fourth-order valence-corrected chi connectivity index (χ4v) is 1.53. The first-order chi connectivity index (χ1) is 8.06. The minimum Gasteiger partial charge on any atom is -0.549 e.